The predicted octanol–water partition coefficient (Wildman–Crippen LogP) is 2.29. The fraction of sp³-hybridized carbons (Fsp3) is 0.357. The number of likely N-dealkylation sites (N-methyl/N-ethyl adjacent to an activating group) is 1. The van der Waals surface area contributed by atoms with Crippen molar-refractivity contribution in [3.05, 3.63) is 35.5 Å². The molecule has 0 saturated heterocycles. The van der Waals surface area contributed by atoms with Gasteiger partial charge in [-0.05, 0) is 25.0 Å². The molecule has 1 amide bonds. The van der Waals surface area contributed by atoms with Crippen molar-refractivity contribution in [3.8, 4) is 0 Å². The molecule has 0 radical (unpaired) electrons. The average molecular weight is 228 g/mol. The molecule has 1 aliphatic heterocycles. The normalized spacial score (nSPS) is 15.4. The maximum Gasteiger partial charge on any atom is 0.270 e. The number of para-hydroxylation sites is 1. The van der Waals surface area contributed by atoms with Crippen LogP contribution in [-0.2, 0) is 13.0 Å². The monoisotopic (exact) mass is 228 g/mol. The summed E-state index contributed by atoms with van der Waals surface area (Å²) in [5.74, 6) is 0.157. The summed E-state index contributed by atoms with van der Waals surface area (Å²) < 4.78 is 2.14. The Kier molecular flexibility index (Phi) is 2.21. The molecular weight excluding hydrogens is 212 g/mol. The first-order valence-electron chi connectivity index (χ1n) is 6.09. The predicted molar refractivity (Wildman–Crippen MR) is 68.3 cm³/mol. The van der Waals surface area contributed by atoms with E-state index in [0.29, 0.717) is 0 Å². The van der Waals surface area contributed by atoms with Crippen molar-refractivity contribution in [1.29, 1.82) is 0 Å². The van der Waals surface area contributed by atoms with Crippen molar-refractivity contribution in [2.75, 3.05) is 13.6 Å². The summed E-state index contributed by atoms with van der Waals surface area (Å²) in [6.07, 6.45) is 0.963. The number of hydrogen-bond acceptors (Lipinski definition) is 1. The van der Waals surface area contributed by atoms with Gasteiger partial charge < -0.3 is 9.47 Å². The molecule has 0 atom stereocenters. The Morgan fingerprint density at radius 1 is 1.29 bits per heavy atom. The number of rotatable bonds is 1. The van der Waals surface area contributed by atoms with Crippen molar-refractivity contribution < 1.29 is 4.79 Å². The largest absolute Gasteiger partial charge is 0.340 e. The van der Waals surface area contributed by atoms with E-state index in [9.17, 15) is 4.79 Å². The van der Waals surface area contributed by atoms with E-state index in [1.54, 1.807) is 0 Å². The van der Waals surface area contributed by atoms with Crippen LogP contribution in [0.3, 0.4) is 0 Å². The van der Waals surface area contributed by atoms with Gasteiger partial charge in [0.05, 0.1) is 0 Å². The number of fused-ring (bicyclic) bond motifs is 3. The highest BCUT2D eigenvalue weighted by molar-refractivity contribution is 6.02. The second-order valence-electron chi connectivity index (χ2n) is 4.57. The van der Waals surface area contributed by atoms with Gasteiger partial charge in [0.1, 0.15) is 5.69 Å². The quantitative estimate of drug-likeness (QED) is 0.735. The van der Waals surface area contributed by atoms with Crippen molar-refractivity contribution in [1.82, 2.24) is 9.47 Å². The Hall–Kier alpha value is -1.77. The maximum absolute atomic E-state index is 12.3. The van der Waals surface area contributed by atoms with Crippen LogP contribution in [0, 0.1) is 0 Å². The Balaban J connectivity index is 2.38. The number of nitrogens with zero attached hydrogens (tertiary/aromatic N) is 2. The minimum Gasteiger partial charge on any atom is -0.340 e. The molecule has 1 aliphatic rings. The number of carbonyl (C=O) groups is 1. The molecule has 1 aromatic heterocycles. The summed E-state index contributed by atoms with van der Waals surface area (Å²) in [6.45, 7) is 3.76. The van der Waals surface area contributed by atoms with Crippen LogP contribution in [0.4, 0.5) is 0 Å². The van der Waals surface area contributed by atoms with Crippen LogP contribution in [0.2, 0.25) is 0 Å². The van der Waals surface area contributed by atoms with Crippen LogP contribution in [0.1, 0.15) is 23.0 Å². The highest BCUT2D eigenvalue weighted by Crippen LogP contribution is 2.30. The molecule has 17 heavy (non-hydrogen) atoms. The lowest BCUT2D eigenvalue weighted by atomic mass is 10.0. The minimum atomic E-state index is 0.157. The number of carbonyl (C=O) groups excluding carboxylic acids is 1. The first kappa shape index (κ1) is 10.4. The van der Waals surface area contributed by atoms with Crippen molar-refractivity contribution in [3.63, 3.8) is 0 Å². The molecule has 0 fully saturated rings. The molecular formula is C14H16N2O. The van der Waals surface area contributed by atoms with Gasteiger partial charge in [0, 0.05) is 31.0 Å². The van der Waals surface area contributed by atoms with E-state index in [1.807, 2.05) is 24.1 Å². The number of benzene rings is 1. The van der Waals surface area contributed by atoms with Gasteiger partial charge in [0.25, 0.3) is 5.91 Å². The second-order valence-corrected chi connectivity index (χ2v) is 4.57. The summed E-state index contributed by atoms with van der Waals surface area (Å²) in [7, 11) is 1.88. The SMILES string of the molecule is CCn1c2c(c3ccccc31)CCN(C)C2=O. The molecule has 2 aromatic rings. The summed E-state index contributed by atoms with van der Waals surface area (Å²) >= 11 is 0. The van der Waals surface area contributed by atoms with E-state index in [2.05, 4.69) is 23.6 Å². The van der Waals surface area contributed by atoms with Crippen molar-refractivity contribution >= 4 is 16.8 Å². The Morgan fingerprint density at radius 2 is 2.06 bits per heavy atom. The molecule has 1 aromatic carbocycles. The third kappa shape index (κ3) is 1.32. The van der Waals surface area contributed by atoms with E-state index in [0.717, 1.165) is 25.2 Å². The molecule has 0 unspecified atom stereocenters. The zero-order valence-corrected chi connectivity index (χ0v) is 10.2. The molecule has 88 valence electrons. The number of aromatic nitrogens is 1. The van der Waals surface area contributed by atoms with Gasteiger partial charge in [0.15, 0.2) is 0 Å². The number of aryl methyl sites for hydroxylation is 1. The molecule has 0 N–H and O–H groups in total. The lowest BCUT2D eigenvalue weighted by molar-refractivity contribution is 0.0770. The Bertz CT molecular complexity index is 565. The van der Waals surface area contributed by atoms with E-state index >= 15 is 0 Å². The number of hydrogen-bond donors (Lipinski definition) is 0. The third-order valence-corrected chi connectivity index (χ3v) is 3.64. The zero-order valence-electron chi connectivity index (χ0n) is 10.2. The smallest absolute Gasteiger partial charge is 0.270 e. The van der Waals surface area contributed by atoms with Crippen LogP contribution in [-0.4, -0.2) is 29.0 Å². The molecule has 3 heteroatoms. The van der Waals surface area contributed by atoms with Crippen LogP contribution in [0.25, 0.3) is 10.9 Å². The first-order chi connectivity index (χ1) is 8.24. The number of amides is 1. The Labute approximate surface area is 101 Å². The van der Waals surface area contributed by atoms with Crippen LogP contribution < -0.4 is 0 Å². The summed E-state index contributed by atoms with van der Waals surface area (Å²) in [5, 5.41) is 1.24. The van der Waals surface area contributed by atoms with Gasteiger partial charge in [-0.2, -0.15) is 0 Å². The molecule has 2 heterocycles. The summed E-state index contributed by atoms with van der Waals surface area (Å²) in [6, 6.07) is 8.31. The van der Waals surface area contributed by atoms with Gasteiger partial charge in [-0.25, -0.2) is 0 Å². The molecule has 0 saturated carbocycles. The van der Waals surface area contributed by atoms with Gasteiger partial charge in [-0.3, -0.25) is 4.79 Å². The van der Waals surface area contributed by atoms with Crippen LogP contribution in [0.15, 0.2) is 24.3 Å². The Morgan fingerprint density at radius 3 is 2.82 bits per heavy atom. The van der Waals surface area contributed by atoms with Gasteiger partial charge in [-0.15, -0.1) is 0 Å². The molecule has 0 aliphatic carbocycles. The molecule has 0 spiro atoms. The average Bonchev–Trinajstić information content (AvgIpc) is 2.68. The van der Waals surface area contributed by atoms with E-state index < -0.39 is 0 Å². The van der Waals surface area contributed by atoms with Crippen molar-refractivity contribution in [2.24, 2.45) is 0 Å². The van der Waals surface area contributed by atoms with Crippen molar-refractivity contribution in [2.45, 2.75) is 19.9 Å². The van der Waals surface area contributed by atoms with Gasteiger partial charge in [0.2, 0.25) is 0 Å². The van der Waals surface area contributed by atoms with Gasteiger partial charge in [-0.1, -0.05) is 18.2 Å². The minimum absolute atomic E-state index is 0.157. The summed E-state index contributed by atoms with van der Waals surface area (Å²) in [4.78, 5) is 14.1. The third-order valence-electron chi connectivity index (χ3n) is 3.64. The van der Waals surface area contributed by atoms with E-state index in [-0.39, 0.29) is 5.91 Å². The van der Waals surface area contributed by atoms with Crippen LogP contribution in [0.5, 0.6) is 0 Å². The summed E-state index contributed by atoms with van der Waals surface area (Å²) in [5.41, 5.74) is 3.30. The molecule has 0 bridgehead atoms. The first-order valence-corrected chi connectivity index (χ1v) is 6.09. The highest BCUT2D eigenvalue weighted by Gasteiger charge is 2.28. The fourth-order valence-electron chi connectivity index (χ4n) is 2.76. The van der Waals surface area contributed by atoms with E-state index in [1.165, 1.54) is 16.5 Å². The fourth-order valence-corrected chi connectivity index (χ4v) is 2.76. The second kappa shape index (κ2) is 3.62. The lowest BCUT2D eigenvalue weighted by Crippen LogP contribution is -2.35. The van der Waals surface area contributed by atoms with E-state index in [4.69, 9.17) is 0 Å². The maximum atomic E-state index is 12.3. The highest BCUT2D eigenvalue weighted by atomic mass is 16.2. The zero-order chi connectivity index (χ0) is 12.0. The molecule has 3 nitrogen and oxygen atoms in total. The molecule has 3 rings (SSSR count). The van der Waals surface area contributed by atoms with Gasteiger partial charge >= 0.3 is 0 Å². The van der Waals surface area contributed by atoms with Crippen LogP contribution >= 0.6 is 0 Å². The lowest BCUT2D eigenvalue weighted by Gasteiger charge is -2.24. The standard InChI is InChI=1S/C14H16N2O/c1-3-16-12-7-5-4-6-10(12)11-8-9-15(2)14(17)13(11)16/h4-7H,3,8-9H2,1-2H3. The topological polar surface area (TPSA) is 25.2 Å².